The van der Waals surface area contributed by atoms with Gasteiger partial charge in [0.2, 0.25) is 0 Å². The van der Waals surface area contributed by atoms with Gasteiger partial charge in [-0.05, 0) is 51.6 Å². The minimum atomic E-state index is 0.297. The maximum Gasteiger partial charge on any atom is 0.0252 e. The van der Waals surface area contributed by atoms with E-state index >= 15 is 0 Å². The van der Waals surface area contributed by atoms with Crippen LogP contribution in [0.25, 0.3) is 0 Å². The van der Waals surface area contributed by atoms with E-state index in [4.69, 9.17) is 0 Å². The lowest BCUT2D eigenvalue weighted by molar-refractivity contribution is 0.149. The third kappa shape index (κ3) is 3.21. The van der Waals surface area contributed by atoms with Crippen molar-refractivity contribution in [2.75, 3.05) is 26.2 Å². The van der Waals surface area contributed by atoms with Crippen molar-refractivity contribution >= 4 is 0 Å². The predicted molar refractivity (Wildman–Crippen MR) is 69.7 cm³/mol. The Morgan fingerprint density at radius 3 is 2.44 bits per heavy atom. The highest BCUT2D eigenvalue weighted by atomic mass is 15.2. The molecule has 1 aliphatic heterocycles. The van der Waals surface area contributed by atoms with Gasteiger partial charge in [0, 0.05) is 18.6 Å². The van der Waals surface area contributed by atoms with Crippen molar-refractivity contribution in [2.45, 2.75) is 58.4 Å². The molecule has 0 aromatic carbocycles. The Morgan fingerprint density at radius 1 is 1.06 bits per heavy atom. The van der Waals surface area contributed by atoms with E-state index in [2.05, 4.69) is 31.0 Å². The van der Waals surface area contributed by atoms with Crippen molar-refractivity contribution in [1.82, 2.24) is 10.2 Å². The minimum Gasteiger partial charge on any atom is -0.310 e. The fraction of sp³-hybridized carbons (Fsp3) is 1.00. The second kappa shape index (κ2) is 4.66. The topological polar surface area (TPSA) is 15.3 Å². The van der Waals surface area contributed by atoms with E-state index in [1.54, 1.807) is 0 Å². The van der Waals surface area contributed by atoms with E-state index in [0.29, 0.717) is 11.0 Å². The molecule has 94 valence electrons. The summed E-state index contributed by atoms with van der Waals surface area (Å²) in [6, 6.07) is 0. The first-order chi connectivity index (χ1) is 7.49. The van der Waals surface area contributed by atoms with Gasteiger partial charge in [-0.3, -0.25) is 0 Å². The summed E-state index contributed by atoms with van der Waals surface area (Å²) >= 11 is 0. The van der Waals surface area contributed by atoms with E-state index in [1.165, 1.54) is 58.3 Å². The molecular weight excluding hydrogens is 196 g/mol. The summed E-state index contributed by atoms with van der Waals surface area (Å²) in [5, 5.41) is 3.65. The van der Waals surface area contributed by atoms with Gasteiger partial charge in [0.1, 0.15) is 0 Å². The molecule has 2 rings (SSSR count). The van der Waals surface area contributed by atoms with Gasteiger partial charge in [0.05, 0.1) is 0 Å². The number of nitrogens with zero attached hydrogens (tertiary/aromatic N) is 1. The van der Waals surface area contributed by atoms with Crippen LogP contribution in [-0.2, 0) is 0 Å². The van der Waals surface area contributed by atoms with Gasteiger partial charge in [0.25, 0.3) is 0 Å². The molecule has 1 saturated carbocycles. The largest absolute Gasteiger partial charge is 0.310 e. The van der Waals surface area contributed by atoms with Crippen LogP contribution in [0.3, 0.4) is 0 Å². The average molecular weight is 224 g/mol. The van der Waals surface area contributed by atoms with E-state index < -0.39 is 0 Å². The van der Waals surface area contributed by atoms with Crippen LogP contribution in [-0.4, -0.2) is 36.6 Å². The van der Waals surface area contributed by atoms with Crippen molar-refractivity contribution < 1.29 is 0 Å². The molecular formula is C14H28N2. The van der Waals surface area contributed by atoms with Gasteiger partial charge in [-0.1, -0.05) is 19.8 Å². The zero-order chi connectivity index (χ0) is 11.6. The molecule has 2 nitrogen and oxygen atoms in total. The van der Waals surface area contributed by atoms with Gasteiger partial charge in [-0.2, -0.15) is 0 Å². The van der Waals surface area contributed by atoms with Gasteiger partial charge in [0.15, 0.2) is 0 Å². The molecule has 1 N–H and O–H groups in total. The second-order valence-electron chi connectivity index (χ2n) is 6.89. The van der Waals surface area contributed by atoms with Crippen molar-refractivity contribution in [1.29, 1.82) is 0 Å². The van der Waals surface area contributed by atoms with Crippen LogP contribution in [0.5, 0.6) is 0 Å². The Bertz CT molecular complexity index is 229. The van der Waals surface area contributed by atoms with Gasteiger partial charge in [-0.15, -0.1) is 0 Å². The molecule has 0 unspecified atom stereocenters. The molecule has 2 fully saturated rings. The first kappa shape index (κ1) is 12.4. The van der Waals surface area contributed by atoms with Crippen LogP contribution in [0.15, 0.2) is 0 Å². The van der Waals surface area contributed by atoms with E-state index in [1.807, 2.05) is 0 Å². The smallest absolute Gasteiger partial charge is 0.0252 e. The molecule has 0 aromatic heterocycles. The van der Waals surface area contributed by atoms with Gasteiger partial charge in [-0.25, -0.2) is 0 Å². The summed E-state index contributed by atoms with van der Waals surface area (Å²) in [5.41, 5.74) is 0.909. The van der Waals surface area contributed by atoms with E-state index in [9.17, 15) is 0 Å². The maximum absolute atomic E-state index is 3.65. The fourth-order valence-electron chi connectivity index (χ4n) is 3.48. The molecule has 1 heterocycles. The SMILES string of the molecule is CC1(CN2CCCNC(C)(C)C2)CCCC1. The van der Waals surface area contributed by atoms with Crippen LogP contribution in [0.1, 0.15) is 52.9 Å². The Morgan fingerprint density at radius 2 is 1.75 bits per heavy atom. The predicted octanol–water partition coefficient (Wildman–Crippen LogP) is 2.64. The molecule has 1 aliphatic carbocycles. The Kier molecular flexibility index (Phi) is 3.60. The molecule has 0 radical (unpaired) electrons. The van der Waals surface area contributed by atoms with Crippen LogP contribution in [0.4, 0.5) is 0 Å². The minimum absolute atomic E-state index is 0.297. The lowest BCUT2D eigenvalue weighted by Gasteiger charge is -2.35. The highest BCUT2D eigenvalue weighted by Crippen LogP contribution is 2.38. The molecule has 0 spiro atoms. The van der Waals surface area contributed by atoms with Crippen molar-refractivity contribution in [3.05, 3.63) is 0 Å². The molecule has 0 bridgehead atoms. The van der Waals surface area contributed by atoms with Crippen molar-refractivity contribution in [3.8, 4) is 0 Å². The van der Waals surface area contributed by atoms with Crippen LogP contribution in [0, 0.1) is 5.41 Å². The van der Waals surface area contributed by atoms with Crippen LogP contribution < -0.4 is 5.32 Å². The third-order valence-electron chi connectivity index (χ3n) is 4.29. The lowest BCUT2D eigenvalue weighted by atomic mass is 9.88. The summed E-state index contributed by atoms with van der Waals surface area (Å²) in [4.78, 5) is 2.70. The molecule has 0 aromatic rings. The monoisotopic (exact) mass is 224 g/mol. The van der Waals surface area contributed by atoms with E-state index in [0.717, 1.165) is 0 Å². The molecule has 2 aliphatic rings. The number of rotatable bonds is 2. The molecule has 2 heteroatoms. The number of nitrogens with one attached hydrogen (secondary N) is 1. The second-order valence-corrected chi connectivity index (χ2v) is 6.89. The highest BCUT2D eigenvalue weighted by molar-refractivity contribution is 4.89. The summed E-state index contributed by atoms with van der Waals surface area (Å²) in [6.45, 7) is 12.2. The number of hydrogen-bond donors (Lipinski definition) is 1. The summed E-state index contributed by atoms with van der Waals surface area (Å²) < 4.78 is 0. The molecule has 0 amide bonds. The first-order valence-corrected chi connectivity index (χ1v) is 6.97. The first-order valence-electron chi connectivity index (χ1n) is 6.97. The average Bonchev–Trinajstić information content (AvgIpc) is 2.51. The zero-order valence-electron chi connectivity index (χ0n) is 11.3. The number of hydrogen-bond acceptors (Lipinski definition) is 2. The van der Waals surface area contributed by atoms with Crippen molar-refractivity contribution in [2.24, 2.45) is 5.41 Å². The summed E-state index contributed by atoms with van der Waals surface area (Å²) in [7, 11) is 0. The quantitative estimate of drug-likeness (QED) is 0.776. The standard InChI is InChI=1S/C14H28N2/c1-13(2)11-16(10-6-9-15-13)12-14(3)7-4-5-8-14/h15H,4-12H2,1-3H3. The fourth-order valence-corrected chi connectivity index (χ4v) is 3.48. The van der Waals surface area contributed by atoms with Gasteiger partial charge >= 0.3 is 0 Å². The van der Waals surface area contributed by atoms with Crippen LogP contribution in [0.2, 0.25) is 0 Å². The normalized spacial score (nSPS) is 30.2. The van der Waals surface area contributed by atoms with Crippen molar-refractivity contribution in [3.63, 3.8) is 0 Å². The van der Waals surface area contributed by atoms with E-state index in [-0.39, 0.29) is 0 Å². The molecule has 16 heavy (non-hydrogen) atoms. The van der Waals surface area contributed by atoms with Gasteiger partial charge < -0.3 is 10.2 Å². The highest BCUT2D eigenvalue weighted by Gasteiger charge is 2.33. The summed E-state index contributed by atoms with van der Waals surface area (Å²) in [5.74, 6) is 0. The molecule has 0 atom stereocenters. The lowest BCUT2D eigenvalue weighted by Crippen LogP contribution is -2.48. The van der Waals surface area contributed by atoms with Crippen LogP contribution >= 0.6 is 0 Å². The third-order valence-corrected chi connectivity index (χ3v) is 4.29. The zero-order valence-corrected chi connectivity index (χ0v) is 11.3. The maximum atomic E-state index is 3.65. The summed E-state index contributed by atoms with van der Waals surface area (Å²) in [6.07, 6.45) is 7.09. The Balaban J connectivity index is 1.92. The molecule has 1 saturated heterocycles. The Hall–Kier alpha value is -0.0800. The Labute approximate surface area is 101 Å².